The molecule has 0 saturated heterocycles. The number of nitrogens with one attached hydrogen (secondary N) is 1. The molecule has 4 aromatic carbocycles. The predicted octanol–water partition coefficient (Wildman–Crippen LogP) is 9.25. The van der Waals surface area contributed by atoms with E-state index in [9.17, 15) is 4.39 Å². The molecule has 0 unspecified atom stereocenters. The topological polar surface area (TPSA) is 47.7 Å². The number of fused-ring (bicyclic) bond motifs is 1. The molecule has 5 nitrogen and oxygen atoms in total. The van der Waals surface area contributed by atoms with E-state index < -0.39 is 11.4 Å². The molecule has 0 aliphatic rings. The maximum atomic E-state index is 13.8. The zero-order valence-corrected chi connectivity index (χ0v) is 24.2. The van der Waals surface area contributed by atoms with Gasteiger partial charge in [0.2, 0.25) is 0 Å². The fourth-order valence-electron chi connectivity index (χ4n) is 5.75. The maximum absolute atomic E-state index is 13.8. The Balaban J connectivity index is 1.38. The van der Waals surface area contributed by atoms with Gasteiger partial charge in [0.15, 0.2) is 5.82 Å². The van der Waals surface area contributed by atoms with Crippen LogP contribution in [0.5, 0.6) is 0 Å². The minimum Gasteiger partial charge on any atom is -0.337 e. The van der Waals surface area contributed by atoms with Crippen LogP contribution in [0.15, 0.2) is 140 Å². The molecule has 0 fully saturated rings. The highest BCUT2D eigenvalue weighted by Crippen LogP contribution is 2.41. The van der Waals surface area contributed by atoms with Crippen LogP contribution in [0.4, 0.5) is 15.9 Å². The van der Waals surface area contributed by atoms with Gasteiger partial charge in [-0.05, 0) is 41.0 Å². The van der Waals surface area contributed by atoms with Gasteiger partial charge in [0, 0.05) is 17.8 Å². The fourth-order valence-corrected chi connectivity index (χ4v) is 6.31. The lowest BCUT2D eigenvalue weighted by Crippen LogP contribution is -2.36. The molecule has 43 heavy (non-hydrogen) atoms. The van der Waals surface area contributed by atoms with Crippen LogP contribution in [0.25, 0.3) is 16.7 Å². The van der Waals surface area contributed by atoms with Crippen molar-refractivity contribution < 1.29 is 4.39 Å². The number of nitrogens with zero attached hydrogens (tertiary/aromatic N) is 4. The van der Waals surface area contributed by atoms with E-state index in [1.54, 1.807) is 6.20 Å². The zero-order valence-electron chi connectivity index (χ0n) is 22.7. The normalized spacial score (nSPS) is 11.6. The Morgan fingerprint density at radius 1 is 0.698 bits per heavy atom. The molecule has 0 aliphatic heterocycles. The Morgan fingerprint density at radius 2 is 1.26 bits per heavy atom. The van der Waals surface area contributed by atoms with E-state index in [1.165, 1.54) is 12.1 Å². The first-order chi connectivity index (χ1) is 21.1. The first-order valence-electron chi connectivity index (χ1n) is 13.6. The van der Waals surface area contributed by atoms with Gasteiger partial charge in [-0.1, -0.05) is 114 Å². The van der Waals surface area contributed by atoms with Gasteiger partial charge < -0.3 is 9.88 Å². The number of pyridine rings is 1. The largest absolute Gasteiger partial charge is 0.337 e. The molecule has 0 aliphatic carbocycles. The van der Waals surface area contributed by atoms with Gasteiger partial charge in [-0.15, -0.1) is 0 Å². The molecule has 0 amide bonds. The summed E-state index contributed by atoms with van der Waals surface area (Å²) in [5.41, 5.74) is 3.91. The highest BCUT2D eigenvalue weighted by atomic mass is 35.5. The van der Waals surface area contributed by atoms with Crippen molar-refractivity contribution in [1.82, 2.24) is 19.1 Å². The molecule has 210 valence electrons. The molecule has 3 aromatic heterocycles. The Kier molecular flexibility index (Phi) is 6.93. The van der Waals surface area contributed by atoms with Gasteiger partial charge in [-0.3, -0.25) is 4.57 Å². The zero-order chi connectivity index (χ0) is 29.4. The SMILES string of the molecule is Fc1cc(Cl)c(Nc2nccc3c2ccn3-c2cn(C(c3ccccc3)(c3ccccc3)c3ccccc3)cn2)c(Cl)c1. The highest BCUT2D eigenvalue weighted by Gasteiger charge is 2.38. The summed E-state index contributed by atoms with van der Waals surface area (Å²) in [5.74, 6) is 0.765. The first kappa shape index (κ1) is 27.0. The van der Waals surface area contributed by atoms with E-state index in [2.05, 4.69) is 93.9 Å². The number of hydrogen-bond donors (Lipinski definition) is 1. The van der Waals surface area contributed by atoms with E-state index >= 15 is 0 Å². The summed E-state index contributed by atoms with van der Waals surface area (Å²) in [6.45, 7) is 0. The van der Waals surface area contributed by atoms with Crippen molar-refractivity contribution in [3.63, 3.8) is 0 Å². The minimum absolute atomic E-state index is 0.168. The molecular weight excluding hydrogens is 580 g/mol. The molecular formula is C35H24Cl2FN5. The summed E-state index contributed by atoms with van der Waals surface area (Å²) in [4.78, 5) is 9.42. The summed E-state index contributed by atoms with van der Waals surface area (Å²) in [5, 5.41) is 4.35. The first-order valence-corrected chi connectivity index (χ1v) is 14.4. The van der Waals surface area contributed by atoms with Gasteiger partial charge in [-0.25, -0.2) is 14.4 Å². The molecule has 0 atom stereocenters. The number of hydrogen-bond acceptors (Lipinski definition) is 3. The van der Waals surface area contributed by atoms with Crippen LogP contribution in [-0.4, -0.2) is 19.1 Å². The van der Waals surface area contributed by atoms with E-state index in [0.29, 0.717) is 11.5 Å². The van der Waals surface area contributed by atoms with Crippen molar-refractivity contribution in [2.24, 2.45) is 0 Å². The standard InChI is InChI=1S/C35H24Cl2FN5/c36-29-20-27(38)21-30(37)33(29)41-34-28-17-19-43(31(28)16-18-39-34)32-22-42(23-40-32)35(24-10-4-1-5-11-24,25-12-6-2-7-13-25)26-14-8-3-9-15-26/h1-23H,(H,39,41). The third-order valence-electron chi connectivity index (χ3n) is 7.64. The van der Waals surface area contributed by atoms with Crippen molar-refractivity contribution in [3.05, 3.63) is 173 Å². The number of rotatable bonds is 7. The number of imidazole rings is 1. The van der Waals surface area contributed by atoms with E-state index in [0.717, 1.165) is 33.4 Å². The van der Waals surface area contributed by atoms with Crippen LogP contribution in [0.1, 0.15) is 16.7 Å². The van der Waals surface area contributed by atoms with Crippen molar-refractivity contribution in [1.29, 1.82) is 0 Å². The minimum atomic E-state index is -0.678. The molecule has 3 heterocycles. The Labute approximate surface area is 257 Å². The Bertz CT molecular complexity index is 1920. The molecule has 0 radical (unpaired) electrons. The van der Waals surface area contributed by atoms with Crippen LogP contribution in [0, 0.1) is 5.82 Å². The van der Waals surface area contributed by atoms with Crippen molar-refractivity contribution in [3.8, 4) is 5.82 Å². The van der Waals surface area contributed by atoms with Crippen LogP contribution in [0.2, 0.25) is 10.0 Å². The number of benzene rings is 4. The van der Waals surface area contributed by atoms with Gasteiger partial charge in [-0.2, -0.15) is 0 Å². The summed E-state index contributed by atoms with van der Waals surface area (Å²) >= 11 is 12.6. The van der Waals surface area contributed by atoms with Crippen LogP contribution >= 0.6 is 23.2 Å². The highest BCUT2D eigenvalue weighted by molar-refractivity contribution is 6.39. The fraction of sp³-hybridized carbons (Fsp3) is 0.0286. The quantitative estimate of drug-likeness (QED) is 0.185. The summed E-state index contributed by atoms with van der Waals surface area (Å²) in [6.07, 6.45) is 7.60. The van der Waals surface area contributed by atoms with Gasteiger partial charge in [0.1, 0.15) is 17.2 Å². The Morgan fingerprint density at radius 3 is 1.81 bits per heavy atom. The van der Waals surface area contributed by atoms with Crippen LogP contribution in [-0.2, 0) is 5.54 Å². The smallest absolute Gasteiger partial charge is 0.155 e. The lowest BCUT2D eigenvalue weighted by Gasteiger charge is -2.37. The average Bonchev–Trinajstić information content (AvgIpc) is 3.69. The second-order valence-electron chi connectivity index (χ2n) is 10.1. The van der Waals surface area contributed by atoms with Crippen molar-refractivity contribution in [2.45, 2.75) is 5.54 Å². The molecule has 0 spiro atoms. The van der Waals surface area contributed by atoms with E-state index in [4.69, 9.17) is 28.2 Å². The molecule has 0 saturated carbocycles. The van der Waals surface area contributed by atoms with Crippen molar-refractivity contribution >= 4 is 45.6 Å². The van der Waals surface area contributed by atoms with E-state index in [1.807, 2.05) is 47.4 Å². The lowest BCUT2D eigenvalue weighted by molar-refractivity contribution is 0.514. The molecule has 0 bridgehead atoms. The molecule has 7 rings (SSSR count). The third-order valence-corrected chi connectivity index (χ3v) is 8.24. The predicted molar refractivity (Wildman–Crippen MR) is 171 cm³/mol. The molecule has 7 aromatic rings. The number of anilines is 2. The summed E-state index contributed by atoms with van der Waals surface area (Å²) < 4.78 is 18.0. The monoisotopic (exact) mass is 603 g/mol. The lowest BCUT2D eigenvalue weighted by atomic mass is 9.77. The second kappa shape index (κ2) is 11.1. The number of aromatic nitrogens is 4. The van der Waals surface area contributed by atoms with Crippen LogP contribution < -0.4 is 5.32 Å². The Hall–Kier alpha value is -4.91. The molecule has 8 heteroatoms. The van der Waals surface area contributed by atoms with E-state index in [-0.39, 0.29) is 10.0 Å². The second-order valence-corrected chi connectivity index (χ2v) is 10.9. The van der Waals surface area contributed by atoms with Crippen LogP contribution in [0.3, 0.4) is 0 Å². The summed E-state index contributed by atoms with van der Waals surface area (Å²) in [7, 11) is 0. The van der Waals surface area contributed by atoms with Gasteiger partial charge in [0.05, 0.1) is 33.8 Å². The van der Waals surface area contributed by atoms with Crippen molar-refractivity contribution in [2.75, 3.05) is 5.32 Å². The molecule has 1 N–H and O–H groups in total. The summed E-state index contributed by atoms with van der Waals surface area (Å²) in [6, 6.07) is 37.7. The maximum Gasteiger partial charge on any atom is 0.155 e. The van der Waals surface area contributed by atoms with Gasteiger partial charge in [0.25, 0.3) is 0 Å². The average molecular weight is 605 g/mol. The number of halogens is 3. The third kappa shape index (κ3) is 4.65. The van der Waals surface area contributed by atoms with Gasteiger partial charge >= 0.3 is 0 Å².